The van der Waals surface area contributed by atoms with Crippen LogP contribution in [0.3, 0.4) is 0 Å². The summed E-state index contributed by atoms with van der Waals surface area (Å²) in [6.45, 7) is 5.68. The van der Waals surface area contributed by atoms with Crippen molar-refractivity contribution in [2.75, 3.05) is 13.2 Å². The molecular weight excluding hydrogens is 258 g/mol. The first-order valence-electron chi connectivity index (χ1n) is 6.77. The lowest BCUT2D eigenvalue weighted by Crippen LogP contribution is -2.35. The molecule has 1 rings (SSSR count). The minimum Gasteiger partial charge on any atom is -0.492 e. The van der Waals surface area contributed by atoms with Gasteiger partial charge >= 0.3 is 0 Å². The third-order valence-electron chi connectivity index (χ3n) is 2.72. The minimum absolute atomic E-state index is 0.333. The normalized spacial score (nSPS) is 11.5. The standard InChI is InChI=1S/C16H22ClNO/c1-3-5-6-9-15(18-11-4-2)13-19-16-10-7-8-14(17)12-16/h7-8,10,12,15,18H,4,6,9,11,13H2,1-2H3. The maximum Gasteiger partial charge on any atom is 0.120 e. The Bertz CT molecular complexity index is 422. The van der Waals surface area contributed by atoms with E-state index in [2.05, 4.69) is 24.1 Å². The smallest absolute Gasteiger partial charge is 0.120 e. The van der Waals surface area contributed by atoms with Gasteiger partial charge in [0.05, 0.1) is 0 Å². The van der Waals surface area contributed by atoms with Crippen molar-refractivity contribution in [3.8, 4) is 17.6 Å². The zero-order valence-electron chi connectivity index (χ0n) is 11.7. The van der Waals surface area contributed by atoms with E-state index in [1.54, 1.807) is 0 Å². The van der Waals surface area contributed by atoms with Crippen LogP contribution in [0.4, 0.5) is 0 Å². The van der Waals surface area contributed by atoms with Crippen LogP contribution in [0.25, 0.3) is 0 Å². The maximum atomic E-state index is 5.93. The molecule has 0 aliphatic heterocycles. The van der Waals surface area contributed by atoms with Gasteiger partial charge in [-0.2, -0.15) is 0 Å². The lowest BCUT2D eigenvalue weighted by atomic mass is 10.1. The van der Waals surface area contributed by atoms with Crippen molar-refractivity contribution in [3.63, 3.8) is 0 Å². The Kier molecular flexibility index (Phi) is 8.13. The molecule has 2 nitrogen and oxygen atoms in total. The number of nitrogens with one attached hydrogen (secondary N) is 1. The Morgan fingerprint density at radius 3 is 2.95 bits per heavy atom. The van der Waals surface area contributed by atoms with Crippen LogP contribution < -0.4 is 10.1 Å². The third-order valence-corrected chi connectivity index (χ3v) is 2.96. The quantitative estimate of drug-likeness (QED) is 0.729. The Balaban J connectivity index is 2.43. The van der Waals surface area contributed by atoms with Crippen LogP contribution in [0.2, 0.25) is 5.02 Å². The van der Waals surface area contributed by atoms with E-state index in [4.69, 9.17) is 16.3 Å². The summed E-state index contributed by atoms with van der Waals surface area (Å²) in [4.78, 5) is 0. The van der Waals surface area contributed by atoms with Crippen molar-refractivity contribution in [1.29, 1.82) is 0 Å². The SMILES string of the molecule is CC#CCCC(COc1cccc(Cl)c1)NCCC. The molecule has 0 bridgehead atoms. The molecular formula is C16H22ClNO. The topological polar surface area (TPSA) is 21.3 Å². The summed E-state index contributed by atoms with van der Waals surface area (Å²) in [6.07, 6.45) is 3.02. The molecule has 104 valence electrons. The summed E-state index contributed by atoms with van der Waals surface area (Å²) in [5.41, 5.74) is 0. The zero-order valence-corrected chi connectivity index (χ0v) is 12.5. The first kappa shape index (κ1) is 15.9. The Morgan fingerprint density at radius 2 is 2.26 bits per heavy atom. The number of rotatable bonds is 8. The summed E-state index contributed by atoms with van der Waals surface area (Å²) in [6, 6.07) is 7.84. The molecule has 0 amide bonds. The van der Waals surface area contributed by atoms with Crippen molar-refractivity contribution >= 4 is 11.6 Å². The molecule has 1 N–H and O–H groups in total. The van der Waals surface area contributed by atoms with Gasteiger partial charge in [-0.3, -0.25) is 0 Å². The van der Waals surface area contributed by atoms with E-state index in [-0.39, 0.29) is 0 Å². The predicted octanol–water partition coefficient (Wildman–Crippen LogP) is 3.89. The molecule has 0 aliphatic rings. The van der Waals surface area contributed by atoms with Crippen LogP contribution in [0.15, 0.2) is 24.3 Å². The lowest BCUT2D eigenvalue weighted by molar-refractivity contribution is 0.258. The summed E-state index contributed by atoms with van der Waals surface area (Å²) in [5, 5.41) is 4.19. The molecule has 0 aromatic heterocycles. The van der Waals surface area contributed by atoms with Crippen LogP contribution in [0, 0.1) is 11.8 Å². The highest BCUT2D eigenvalue weighted by molar-refractivity contribution is 6.30. The summed E-state index contributed by atoms with van der Waals surface area (Å²) >= 11 is 5.93. The maximum absolute atomic E-state index is 5.93. The third kappa shape index (κ3) is 7.10. The van der Waals surface area contributed by atoms with Crippen LogP contribution >= 0.6 is 11.6 Å². The van der Waals surface area contributed by atoms with Gasteiger partial charge in [-0.15, -0.1) is 11.8 Å². The van der Waals surface area contributed by atoms with Crippen LogP contribution in [0.5, 0.6) is 5.75 Å². The molecule has 1 unspecified atom stereocenters. The van der Waals surface area contributed by atoms with Gasteiger partial charge in [0.2, 0.25) is 0 Å². The zero-order chi connectivity index (χ0) is 13.9. The van der Waals surface area contributed by atoms with Gasteiger partial charge in [0.15, 0.2) is 0 Å². The fraction of sp³-hybridized carbons (Fsp3) is 0.500. The van der Waals surface area contributed by atoms with Gasteiger partial charge in [0, 0.05) is 17.5 Å². The van der Waals surface area contributed by atoms with Crippen molar-refractivity contribution in [2.24, 2.45) is 0 Å². The minimum atomic E-state index is 0.333. The van der Waals surface area contributed by atoms with E-state index in [9.17, 15) is 0 Å². The number of hydrogen-bond donors (Lipinski definition) is 1. The van der Waals surface area contributed by atoms with Crippen molar-refractivity contribution in [1.82, 2.24) is 5.32 Å². The molecule has 0 heterocycles. The highest BCUT2D eigenvalue weighted by atomic mass is 35.5. The van der Waals surface area contributed by atoms with Crippen LogP contribution in [0.1, 0.15) is 33.1 Å². The fourth-order valence-corrected chi connectivity index (χ4v) is 1.90. The first-order chi connectivity index (χ1) is 9.26. The number of hydrogen-bond acceptors (Lipinski definition) is 2. The molecule has 1 atom stereocenters. The Hall–Kier alpha value is -1.17. The largest absolute Gasteiger partial charge is 0.492 e. The van der Waals surface area contributed by atoms with Crippen molar-refractivity contribution < 1.29 is 4.74 Å². The number of halogens is 1. The molecule has 0 radical (unpaired) electrons. The van der Waals surface area contributed by atoms with E-state index >= 15 is 0 Å². The van der Waals surface area contributed by atoms with Crippen LogP contribution in [-0.2, 0) is 0 Å². The molecule has 0 spiro atoms. The summed E-state index contributed by atoms with van der Waals surface area (Å²) < 4.78 is 5.78. The van der Waals surface area contributed by atoms with Crippen molar-refractivity contribution in [3.05, 3.63) is 29.3 Å². The Morgan fingerprint density at radius 1 is 1.42 bits per heavy atom. The van der Waals surface area contributed by atoms with Gasteiger partial charge in [-0.05, 0) is 44.5 Å². The van der Waals surface area contributed by atoms with E-state index in [1.165, 1.54) is 0 Å². The fourth-order valence-electron chi connectivity index (χ4n) is 1.72. The van der Waals surface area contributed by atoms with Crippen LogP contribution in [-0.4, -0.2) is 19.2 Å². The molecule has 1 aromatic carbocycles. The number of ether oxygens (including phenoxy) is 1. The van der Waals surface area contributed by atoms with Gasteiger partial charge in [0.25, 0.3) is 0 Å². The van der Waals surface area contributed by atoms with E-state index in [0.29, 0.717) is 17.7 Å². The monoisotopic (exact) mass is 279 g/mol. The van der Waals surface area contributed by atoms with Gasteiger partial charge in [-0.25, -0.2) is 0 Å². The summed E-state index contributed by atoms with van der Waals surface area (Å²) in [5.74, 6) is 6.84. The molecule has 3 heteroatoms. The summed E-state index contributed by atoms with van der Waals surface area (Å²) in [7, 11) is 0. The Labute approximate surface area is 121 Å². The van der Waals surface area contributed by atoms with E-state index in [1.807, 2.05) is 31.2 Å². The van der Waals surface area contributed by atoms with Gasteiger partial charge in [-0.1, -0.05) is 24.6 Å². The second-order valence-electron chi connectivity index (χ2n) is 4.38. The molecule has 0 aliphatic carbocycles. The highest BCUT2D eigenvalue weighted by Gasteiger charge is 2.08. The second kappa shape index (κ2) is 9.72. The molecule has 0 saturated heterocycles. The lowest BCUT2D eigenvalue weighted by Gasteiger charge is -2.18. The molecule has 19 heavy (non-hydrogen) atoms. The van der Waals surface area contributed by atoms with Crippen molar-refractivity contribution in [2.45, 2.75) is 39.2 Å². The second-order valence-corrected chi connectivity index (χ2v) is 4.82. The predicted molar refractivity (Wildman–Crippen MR) is 81.7 cm³/mol. The van der Waals surface area contributed by atoms with Gasteiger partial charge < -0.3 is 10.1 Å². The van der Waals surface area contributed by atoms with E-state index < -0.39 is 0 Å². The average molecular weight is 280 g/mol. The molecule has 1 aromatic rings. The number of benzene rings is 1. The van der Waals surface area contributed by atoms with Gasteiger partial charge in [0.1, 0.15) is 12.4 Å². The highest BCUT2D eigenvalue weighted by Crippen LogP contribution is 2.17. The van der Waals surface area contributed by atoms with E-state index in [0.717, 1.165) is 31.6 Å². The molecule has 0 saturated carbocycles. The average Bonchev–Trinajstić information content (AvgIpc) is 2.41. The first-order valence-corrected chi connectivity index (χ1v) is 7.15. The molecule has 0 fully saturated rings.